The lowest BCUT2D eigenvalue weighted by atomic mass is 10.1. The van der Waals surface area contributed by atoms with Gasteiger partial charge in [0.15, 0.2) is 5.11 Å². The Labute approximate surface area is 103 Å². The summed E-state index contributed by atoms with van der Waals surface area (Å²) in [4.78, 5) is 4.18. The van der Waals surface area contributed by atoms with Gasteiger partial charge in [-0.05, 0) is 49.2 Å². The van der Waals surface area contributed by atoms with Gasteiger partial charge in [-0.2, -0.15) is 0 Å². The Bertz CT molecular complexity index is 350. The van der Waals surface area contributed by atoms with Gasteiger partial charge >= 0.3 is 0 Å². The molecule has 88 valence electrons. The van der Waals surface area contributed by atoms with Crippen molar-refractivity contribution in [2.45, 2.75) is 27.2 Å². The molecule has 0 saturated heterocycles. The van der Waals surface area contributed by atoms with E-state index in [2.05, 4.69) is 29.5 Å². The van der Waals surface area contributed by atoms with E-state index in [0.29, 0.717) is 11.0 Å². The van der Waals surface area contributed by atoms with Crippen molar-refractivity contribution in [2.75, 3.05) is 11.9 Å². The van der Waals surface area contributed by atoms with Crippen molar-refractivity contribution in [3.05, 3.63) is 23.9 Å². The Balaban J connectivity index is 2.34. The van der Waals surface area contributed by atoms with Gasteiger partial charge in [-0.25, -0.2) is 4.98 Å². The first-order valence-corrected chi connectivity index (χ1v) is 5.96. The molecule has 0 radical (unpaired) electrons. The predicted molar refractivity (Wildman–Crippen MR) is 72.7 cm³/mol. The number of thiocarbonyl (C=S) groups is 1. The third kappa shape index (κ3) is 5.07. The van der Waals surface area contributed by atoms with Gasteiger partial charge in [-0.1, -0.05) is 13.8 Å². The zero-order valence-electron chi connectivity index (χ0n) is 10.1. The maximum absolute atomic E-state index is 5.17. The van der Waals surface area contributed by atoms with Crippen LogP contribution in [-0.2, 0) is 0 Å². The van der Waals surface area contributed by atoms with E-state index < -0.39 is 0 Å². The molecule has 0 fully saturated rings. The standard InChI is InChI=1S/C12H19N3S/c1-9(2)4-6-14-12(16)15-11-8-10(3)5-7-13-11/h5,7-9H,4,6H2,1-3H3,(H2,13,14,15,16). The fraction of sp³-hybridized carbons (Fsp3) is 0.500. The largest absolute Gasteiger partial charge is 0.362 e. The molecular formula is C12H19N3S. The summed E-state index contributed by atoms with van der Waals surface area (Å²) in [5.41, 5.74) is 1.17. The van der Waals surface area contributed by atoms with Crippen LogP contribution in [0.3, 0.4) is 0 Å². The minimum atomic E-state index is 0.638. The smallest absolute Gasteiger partial charge is 0.171 e. The van der Waals surface area contributed by atoms with Crippen molar-refractivity contribution >= 4 is 23.1 Å². The van der Waals surface area contributed by atoms with Crippen LogP contribution >= 0.6 is 12.2 Å². The van der Waals surface area contributed by atoms with Crippen LogP contribution in [0.15, 0.2) is 18.3 Å². The van der Waals surface area contributed by atoms with Crippen LogP contribution in [0.25, 0.3) is 0 Å². The van der Waals surface area contributed by atoms with Crippen molar-refractivity contribution < 1.29 is 0 Å². The number of hydrogen-bond donors (Lipinski definition) is 2. The number of aromatic nitrogens is 1. The number of nitrogens with one attached hydrogen (secondary N) is 2. The SMILES string of the molecule is Cc1ccnc(NC(=S)NCCC(C)C)c1. The molecule has 0 atom stereocenters. The number of nitrogens with zero attached hydrogens (tertiary/aromatic N) is 1. The fourth-order valence-corrected chi connectivity index (χ4v) is 1.45. The third-order valence-corrected chi connectivity index (χ3v) is 2.41. The highest BCUT2D eigenvalue weighted by Gasteiger charge is 1.99. The summed E-state index contributed by atoms with van der Waals surface area (Å²) in [6.07, 6.45) is 2.89. The second kappa shape index (κ2) is 6.43. The van der Waals surface area contributed by atoms with E-state index in [-0.39, 0.29) is 0 Å². The summed E-state index contributed by atoms with van der Waals surface area (Å²) in [6.45, 7) is 7.32. The zero-order valence-corrected chi connectivity index (χ0v) is 10.9. The van der Waals surface area contributed by atoms with E-state index in [1.807, 2.05) is 19.1 Å². The van der Waals surface area contributed by atoms with Crippen LogP contribution in [0.4, 0.5) is 5.82 Å². The maximum Gasteiger partial charge on any atom is 0.171 e. The molecule has 3 nitrogen and oxygen atoms in total. The van der Waals surface area contributed by atoms with E-state index >= 15 is 0 Å². The second-order valence-corrected chi connectivity index (χ2v) is 4.69. The molecule has 0 bridgehead atoms. The monoisotopic (exact) mass is 237 g/mol. The maximum atomic E-state index is 5.17. The minimum absolute atomic E-state index is 0.638. The van der Waals surface area contributed by atoms with Crippen molar-refractivity contribution in [2.24, 2.45) is 5.92 Å². The van der Waals surface area contributed by atoms with E-state index in [1.54, 1.807) is 6.20 Å². The van der Waals surface area contributed by atoms with Crippen molar-refractivity contribution in [3.8, 4) is 0 Å². The summed E-state index contributed by atoms with van der Waals surface area (Å²) in [5, 5.41) is 6.87. The van der Waals surface area contributed by atoms with E-state index in [4.69, 9.17) is 12.2 Å². The van der Waals surface area contributed by atoms with Gasteiger partial charge < -0.3 is 10.6 Å². The van der Waals surface area contributed by atoms with Gasteiger partial charge in [0.1, 0.15) is 5.82 Å². The molecular weight excluding hydrogens is 218 g/mol. The van der Waals surface area contributed by atoms with E-state index in [9.17, 15) is 0 Å². The molecule has 1 rings (SSSR count). The molecule has 0 aliphatic carbocycles. The number of rotatable bonds is 4. The Kier molecular flexibility index (Phi) is 5.19. The molecule has 1 aromatic heterocycles. The van der Waals surface area contributed by atoms with Gasteiger partial charge in [-0.15, -0.1) is 0 Å². The summed E-state index contributed by atoms with van der Waals surface area (Å²) in [7, 11) is 0. The number of hydrogen-bond acceptors (Lipinski definition) is 2. The first-order valence-electron chi connectivity index (χ1n) is 5.55. The summed E-state index contributed by atoms with van der Waals surface area (Å²) in [5.74, 6) is 1.48. The van der Waals surface area contributed by atoms with Gasteiger partial charge in [0.2, 0.25) is 0 Å². The summed E-state index contributed by atoms with van der Waals surface area (Å²) in [6, 6.07) is 3.93. The van der Waals surface area contributed by atoms with Crippen LogP contribution in [0, 0.1) is 12.8 Å². The molecule has 2 N–H and O–H groups in total. The Morgan fingerprint density at radius 1 is 1.50 bits per heavy atom. The predicted octanol–water partition coefficient (Wildman–Crippen LogP) is 2.72. The van der Waals surface area contributed by atoms with Crippen LogP contribution in [-0.4, -0.2) is 16.6 Å². The van der Waals surface area contributed by atoms with Crippen LogP contribution in [0.1, 0.15) is 25.8 Å². The Morgan fingerprint density at radius 2 is 2.25 bits per heavy atom. The van der Waals surface area contributed by atoms with Crippen molar-refractivity contribution in [3.63, 3.8) is 0 Å². The van der Waals surface area contributed by atoms with Crippen molar-refractivity contribution in [1.82, 2.24) is 10.3 Å². The lowest BCUT2D eigenvalue weighted by Gasteiger charge is -2.11. The number of pyridine rings is 1. The third-order valence-electron chi connectivity index (χ3n) is 2.16. The summed E-state index contributed by atoms with van der Waals surface area (Å²) < 4.78 is 0. The molecule has 0 saturated carbocycles. The highest BCUT2D eigenvalue weighted by atomic mass is 32.1. The lowest BCUT2D eigenvalue weighted by Crippen LogP contribution is -2.30. The van der Waals surface area contributed by atoms with Gasteiger partial charge in [0.05, 0.1) is 0 Å². The second-order valence-electron chi connectivity index (χ2n) is 4.28. The molecule has 16 heavy (non-hydrogen) atoms. The molecule has 0 amide bonds. The average Bonchev–Trinajstić information content (AvgIpc) is 2.16. The molecule has 0 aliphatic heterocycles. The quantitative estimate of drug-likeness (QED) is 0.790. The van der Waals surface area contributed by atoms with Gasteiger partial charge in [-0.3, -0.25) is 0 Å². The normalized spacial score (nSPS) is 10.2. The molecule has 0 spiro atoms. The zero-order chi connectivity index (χ0) is 12.0. The lowest BCUT2D eigenvalue weighted by molar-refractivity contribution is 0.579. The molecule has 4 heteroatoms. The number of aryl methyl sites for hydroxylation is 1. The topological polar surface area (TPSA) is 37.0 Å². The average molecular weight is 237 g/mol. The highest BCUT2D eigenvalue weighted by molar-refractivity contribution is 7.80. The fourth-order valence-electron chi connectivity index (χ4n) is 1.24. The van der Waals surface area contributed by atoms with Gasteiger partial charge in [0, 0.05) is 12.7 Å². The van der Waals surface area contributed by atoms with Crippen LogP contribution in [0.2, 0.25) is 0 Å². The Morgan fingerprint density at radius 3 is 2.88 bits per heavy atom. The van der Waals surface area contributed by atoms with Crippen LogP contribution in [0.5, 0.6) is 0 Å². The van der Waals surface area contributed by atoms with Crippen LogP contribution < -0.4 is 10.6 Å². The minimum Gasteiger partial charge on any atom is -0.362 e. The van der Waals surface area contributed by atoms with Gasteiger partial charge in [0.25, 0.3) is 0 Å². The van der Waals surface area contributed by atoms with E-state index in [1.165, 1.54) is 5.56 Å². The first kappa shape index (κ1) is 12.9. The highest BCUT2D eigenvalue weighted by Crippen LogP contribution is 2.04. The number of anilines is 1. The molecule has 0 unspecified atom stereocenters. The summed E-state index contributed by atoms with van der Waals surface area (Å²) >= 11 is 5.17. The Hall–Kier alpha value is -1.16. The van der Waals surface area contributed by atoms with Crippen molar-refractivity contribution in [1.29, 1.82) is 0 Å². The molecule has 0 aliphatic rings. The molecule has 0 aromatic carbocycles. The molecule has 1 aromatic rings. The molecule has 1 heterocycles. The van der Waals surface area contributed by atoms with E-state index in [0.717, 1.165) is 18.8 Å². The first-order chi connectivity index (χ1) is 7.58.